The van der Waals surface area contributed by atoms with Gasteiger partial charge in [-0.2, -0.15) is 0 Å². The van der Waals surface area contributed by atoms with E-state index in [1.807, 2.05) is 24.3 Å². The smallest absolute Gasteiger partial charge is 0.220 e. The van der Waals surface area contributed by atoms with Gasteiger partial charge in [-0.1, -0.05) is 26.0 Å². The van der Waals surface area contributed by atoms with E-state index in [1.165, 1.54) is 31.5 Å². The first kappa shape index (κ1) is 18.8. The summed E-state index contributed by atoms with van der Waals surface area (Å²) in [5.41, 5.74) is 1.17. The van der Waals surface area contributed by atoms with Crippen molar-refractivity contribution < 1.29 is 9.53 Å². The fourth-order valence-electron chi connectivity index (χ4n) is 3.38. The molecule has 1 fully saturated rings. The van der Waals surface area contributed by atoms with E-state index in [-0.39, 0.29) is 5.91 Å². The molecule has 0 bridgehead atoms. The van der Waals surface area contributed by atoms with Crippen LogP contribution in [0.3, 0.4) is 0 Å². The van der Waals surface area contributed by atoms with Gasteiger partial charge in [0.15, 0.2) is 0 Å². The number of nitrogens with zero attached hydrogens (tertiary/aromatic N) is 1. The van der Waals surface area contributed by atoms with Crippen LogP contribution in [-0.4, -0.2) is 43.6 Å². The minimum absolute atomic E-state index is 0.152. The molecular formula is C20H32N2O2. The Morgan fingerprint density at radius 1 is 1.21 bits per heavy atom. The molecule has 1 aromatic carbocycles. The summed E-state index contributed by atoms with van der Waals surface area (Å²) in [6.07, 6.45) is 5.05. The van der Waals surface area contributed by atoms with Crippen LogP contribution in [0.1, 0.15) is 45.1 Å². The summed E-state index contributed by atoms with van der Waals surface area (Å²) < 4.78 is 5.16. The van der Waals surface area contributed by atoms with E-state index < -0.39 is 0 Å². The molecule has 0 radical (unpaired) electrons. The molecule has 1 aliphatic rings. The molecular weight excluding hydrogens is 300 g/mol. The molecule has 1 heterocycles. The highest BCUT2D eigenvalue weighted by molar-refractivity contribution is 5.76. The summed E-state index contributed by atoms with van der Waals surface area (Å²) in [6, 6.07) is 8.42. The zero-order valence-electron chi connectivity index (χ0n) is 15.4. The summed E-state index contributed by atoms with van der Waals surface area (Å²) in [5, 5.41) is 3.15. The zero-order chi connectivity index (χ0) is 17.4. The van der Waals surface area contributed by atoms with Crippen molar-refractivity contribution in [3.63, 3.8) is 0 Å². The van der Waals surface area contributed by atoms with Gasteiger partial charge in [0.25, 0.3) is 0 Å². The van der Waals surface area contributed by atoms with E-state index >= 15 is 0 Å². The first-order valence-corrected chi connectivity index (χ1v) is 9.22. The van der Waals surface area contributed by atoms with Gasteiger partial charge in [-0.05, 0) is 62.4 Å². The van der Waals surface area contributed by atoms with Crippen LogP contribution in [0.15, 0.2) is 24.3 Å². The van der Waals surface area contributed by atoms with Crippen LogP contribution >= 0.6 is 0 Å². The maximum absolute atomic E-state index is 12.2. The van der Waals surface area contributed by atoms with Crippen molar-refractivity contribution in [2.75, 3.05) is 26.7 Å². The number of benzene rings is 1. The fraction of sp³-hybridized carbons (Fsp3) is 0.650. The lowest BCUT2D eigenvalue weighted by Crippen LogP contribution is -2.43. The van der Waals surface area contributed by atoms with Gasteiger partial charge in [-0.3, -0.25) is 9.69 Å². The van der Waals surface area contributed by atoms with Crippen LogP contribution in [-0.2, 0) is 11.2 Å². The summed E-state index contributed by atoms with van der Waals surface area (Å²) >= 11 is 0. The largest absolute Gasteiger partial charge is 0.497 e. The number of carbonyl (C=O) groups is 1. The molecule has 0 aromatic heterocycles. The summed E-state index contributed by atoms with van der Waals surface area (Å²) in [5.74, 6) is 1.66. The minimum Gasteiger partial charge on any atom is -0.497 e. The molecule has 1 aromatic rings. The maximum Gasteiger partial charge on any atom is 0.220 e. The van der Waals surface area contributed by atoms with Crippen LogP contribution < -0.4 is 10.1 Å². The Kier molecular flexibility index (Phi) is 7.57. The number of amides is 1. The molecule has 134 valence electrons. The first-order valence-electron chi connectivity index (χ1n) is 9.22. The molecule has 0 aliphatic carbocycles. The van der Waals surface area contributed by atoms with Gasteiger partial charge in [-0.25, -0.2) is 0 Å². The number of methoxy groups -OCH3 is 1. The third-order valence-electron chi connectivity index (χ3n) is 4.74. The predicted molar refractivity (Wildman–Crippen MR) is 98.4 cm³/mol. The lowest BCUT2D eigenvalue weighted by Gasteiger charge is -2.29. The number of carbonyl (C=O) groups excluding carboxylic acids is 1. The second-order valence-corrected chi connectivity index (χ2v) is 7.18. The Morgan fingerprint density at radius 3 is 2.46 bits per heavy atom. The average Bonchev–Trinajstić information content (AvgIpc) is 3.11. The number of likely N-dealkylation sites (tertiary alicyclic amines) is 1. The molecule has 2 rings (SSSR count). The van der Waals surface area contributed by atoms with E-state index in [1.54, 1.807) is 7.11 Å². The van der Waals surface area contributed by atoms with Crippen molar-refractivity contribution in [1.29, 1.82) is 0 Å². The quantitative estimate of drug-likeness (QED) is 0.755. The van der Waals surface area contributed by atoms with E-state index in [0.29, 0.717) is 18.4 Å². The van der Waals surface area contributed by atoms with E-state index in [2.05, 4.69) is 24.1 Å². The number of nitrogens with one attached hydrogen (secondary N) is 1. The molecule has 1 saturated heterocycles. The summed E-state index contributed by atoms with van der Waals surface area (Å²) in [7, 11) is 1.66. The Hall–Kier alpha value is -1.55. The molecule has 4 heteroatoms. The Morgan fingerprint density at radius 2 is 1.88 bits per heavy atom. The zero-order valence-corrected chi connectivity index (χ0v) is 15.4. The number of hydrogen-bond acceptors (Lipinski definition) is 3. The Labute approximate surface area is 146 Å². The van der Waals surface area contributed by atoms with Gasteiger partial charge >= 0.3 is 0 Å². The Bertz CT molecular complexity index is 493. The van der Waals surface area contributed by atoms with Crippen molar-refractivity contribution in [1.82, 2.24) is 10.2 Å². The molecule has 1 atom stereocenters. The fourth-order valence-corrected chi connectivity index (χ4v) is 3.38. The Balaban J connectivity index is 1.75. The lowest BCUT2D eigenvalue weighted by molar-refractivity contribution is -0.121. The van der Waals surface area contributed by atoms with Crippen LogP contribution in [0, 0.1) is 5.92 Å². The monoisotopic (exact) mass is 332 g/mol. The highest BCUT2D eigenvalue weighted by Gasteiger charge is 2.23. The number of hydrogen-bond donors (Lipinski definition) is 1. The predicted octanol–water partition coefficient (Wildman–Crippen LogP) is 3.25. The van der Waals surface area contributed by atoms with E-state index in [4.69, 9.17) is 4.74 Å². The number of rotatable bonds is 9. The van der Waals surface area contributed by atoms with Crippen LogP contribution in [0.5, 0.6) is 5.75 Å². The number of aryl methyl sites for hydroxylation is 1. The second-order valence-electron chi connectivity index (χ2n) is 7.18. The van der Waals surface area contributed by atoms with Crippen LogP contribution in [0.4, 0.5) is 0 Å². The third kappa shape index (κ3) is 6.16. The van der Waals surface area contributed by atoms with Gasteiger partial charge in [0.2, 0.25) is 5.91 Å². The van der Waals surface area contributed by atoms with Crippen molar-refractivity contribution in [3.8, 4) is 5.75 Å². The molecule has 1 aliphatic heterocycles. The number of ether oxygens (including phenoxy) is 1. The minimum atomic E-state index is 0.152. The molecule has 1 amide bonds. The standard InChI is InChI=1S/C20H32N2O2/c1-16(2)14-18(22-12-4-5-13-22)15-21-20(23)11-8-17-6-9-19(24-3)10-7-17/h6-7,9-10,16,18H,4-5,8,11-15H2,1-3H3,(H,21,23). The molecule has 0 spiro atoms. The topological polar surface area (TPSA) is 41.6 Å². The third-order valence-corrected chi connectivity index (χ3v) is 4.74. The van der Waals surface area contributed by atoms with Gasteiger partial charge in [0.1, 0.15) is 5.75 Å². The van der Waals surface area contributed by atoms with Crippen molar-refractivity contribution >= 4 is 5.91 Å². The summed E-state index contributed by atoms with van der Waals surface area (Å²) in [6.45, 7) is 7.65. The summed E-state index contributed by atoms with van der Waals surface area (Å²) in [4.78, 5) is 14.7. The molecule has 1 N–H and O–H groups in total. The first-order chi connectivity index (χ1) is 11.6. The molecule has 1 unspecified atom stereocenters. The van der Waals surface area contributed by atoms with E-state index in [0.717, 1.165) is 25.1 Å². The molecule has 4 nitrogen and oxygen atoms in total. The van der Waals surface area contributed by atoms with Gasteiger partial charge in [-0.15, -0.1) is 0 Å². The maximum atomic E-state index is 12.2. The molecule has 24 heavy (non-hydrogen) atoms. The average molecular weight is 332 g/mol. The van der Waals surface area contributed by atoms with Crippen LogP contribution in [0.25, 0.3) is 0 Å². The second kappa shape index (κ2) is 9.67. The normalized spacial score (nSPS) is 16.3. The van der Waals surface area contributed by atoms with E-state index in [9.17, 15) is 4.79 Å². The van der Waals surface area contributed by atoms with Gasteiger partial charge in [0, 0.05) is 19.0 Å². The highest BCUT2D eigenvalue weighted by atomic mass is 16.5. The van der Waals surface area contributed by atoms with Crippen molar-refractivity contribution in [3.05, 3.63) is 29.8 Å². The van der Waals surface area contributed by atoms with Gasteiger partial charge < -0.3 is 10.1 Å². The van der Waals surface area contributed by atoms with Gasteiger partial charge in [0.05, 0.1) is 7.11 Å². The lowest BCUT2D eigenvalue weighted by atomic mass is 10.0. The highest BCUT2D eigenvalue weighted by Crippen LogP contribution is 2.17. The SMILES string of the molecule is COc1ccc(CCC(=O)NCC(CC(C)C)N2CCCC2)cc1. The van der Waals surface area contributed by atoms with Crippen molar-refractivity contribution in [2.24, 2.45) is 5.92 Å². The van der Waals surface area contributed by atoms with Crippen LogP contribution in [0.2, 0.25) is 0 Å². The molecule has 0 saturated carbocycles. The van der Waals surface area contributed by atoms with Crippen molar-refractivity contribution in [2.45, 2.75) is 52.0 Å².